The molecular weight excluding hydrogens is 632 g/mol. The van der Waals surface area contributed by atoms with Gasteiger partial charge in [0.15, 0.2) is 11.5 Å². The number of ether oxygens (including phenoxy) is 3. The summed E-state index contributed by atoms with van der Waals surface area (Å²) in [7, 11) is 0. The molecule has 1 heterocycles. The topological polar surface area (TPSA) is 94.2 Å². The van der Waals surface area contributed by atoms with Gasteiger partial charge in [0.25, 0.3) is 11.8 Å². The van der Waals surface area contributed by atoms with E-state index in [0.29, 0.717) is 40.5 Å². The number of imide groups is 2. The number of urea groups is 1. The highest BCUT2D eigenvalue weighted by Gasteiger charge is 2.37. The van der Waals surface area contributed by atoms with Crippen LogP contribution >= 0.6 is 31.9 Å². The van der Waals surface area contributed by atoms with Gasteiger partial charge in [-0.05, 0) is 88.6 Å². The number of benzene rings is 3. The number of hydrogen-bond donors (Lipinski definition) is 1. The summed E-state index contributed by atoms with van der Waals surface area (Å²) in [5.41, 5.74) is 1.57. The van der Waals surface area contributed by atoms with E-state index in [1.807, 2.05) is 31.2 Å². The van der Waals surface area contributed by atoms with Crippen molar-refractivity contribution in [3.8, 4) is 17.2 Å². The van der Waals surface area contributed by atoms with Crippen molar-refractivity contribution < 1.29 is 28.6 Å². The maximum absolute atomic E-state index is 13.3. The van der Waals surface area contributed by atoms with Gasteiger partial charge in [-0.2, -0.15) is 0 Å². The molecule has 200 valence electrons. The van der Waals surface area contributed by atoms with Crippen LogP contribution in [0.2, 0.25) is 0 Å². The molecule has 0 spiro atoms. The van der Waals surface area contributed by atoms with E-state index >= 15 is 0 Å². The molecule has 3 aromatic rings. The van der Waals surface area contributed by atoms with Crippen molar-refractivity contribution >= 4 is 61.5 Å². The van der Waals surface area contributed by atoms with E-state index in [-0.39, 0.29) is 17.9 Å². The van der Waals surface area contributed by atoms with Gasteiger partial charge >= 0.3 is 6.03 Å². The van der Waals surface area contributed by atoms with Gasteiger partial charge in [-0.3, -0.25) is 14.9 Å². The lowest BCUT2D eigenvalue weighted by Gasteiger charge is -2.26. The van der Waals surface area contributed by atoms with Crippen molar-refractivity contribution in [3.05, 3.63) is 99.0 Å². The Labute approximate surface area is 242 Å². The van der Waals surface area contributed by atoms with Crippen LogP contribution < -0.4 is 24.4 Å². The lowest BCUT2D eigenvalue weighted by molar-refractivity contribution is -0.122. The molecule has 3 aromatic carbocycles. The predicted molar refractivity (Wildman–Crippen MR) is 155 cm³/mol. The zero-order chi connectivity index (χ0) is 27.9. The number of nitrogens with one attached hydrogen (secondary N) is 1. The molecule has 4 amide bonds. The van der Waals surface area contributed by atoms with Crippen molar-refractivity contribution in [2.45, 2.75) is 13.5 Å². The van der Waals surface area contributed by atoms with Gasteiger partial charge in [-0.15, -0.1) is 0 Å². The number of nitrogens with zero attached hydrogens (tertiary/aromatic N) is 1. The number of barbiturate groups is 1. The van der Waals surface area contributed by atoms with E-state index in [0.717, 1.165) is 14.9 Å². The van der Waals surface area contributed by atoms with E-state index in [1.165, 1.54) is 6.08 Å². The highest BCUT2D eigenvalue weighted by Crippen LogP contribution is 2.38. The zero-order valence-corrected chi connectivity index (χ0v) is 24.1. The molecule has 0 aliphatic carbocycles. The monoisotopic (exact) mass is 654 g/mol. The Bertz CT molecular complexity index is 1440. The Morgan fingerprint density at radius 1 is 0.949 bits per heavy atom. The molecule has 0 atom stereocenters. The Morgan fingerprint density at radius 2 is 1.67 bits per heavy atom. The minimum atomic E-state index is -0.838. The first-order valence-electron chi connectivity index (χ1n) is 11.9. The van der Waals surface area contributed by atoms with E-state index in [4.69, 9.17) is 14.2 Å². The highest BCUT2D eigenvalue weighted by atomic mass is 79.9. The normalized spacial score (nSPS) is 14.3. The average molecular weight is 656 g/mol. The third-order valence-electron chi connectivity index (χ3n) is 5.50. The number of rotatable bonds is 10. The van der Waals surface area contributed by atoms with Crippen LogP contribution in [0.3, 0.4) is 0 Å². The van der Waals surface area contributed by atoms with Crippen LogP contribution in [0.25, 0.3) is 6.08 Å². The SMILES string of the molecule is C=CCOc1c(Br)cc(/C=C2\C(=O)NC(=O)N(c3ccc(OCc4ccc(Br)cc4)cc3)C2=O)cc1OCC. The van der Waals surface area contributed by atoms with Crippen molar-refractivity contribution in [1.82, 2.24) is 5.32 Å². The maximum atomic E-state index is 13.3. The third-order valence-corrected chi connectivity index (χ3v) is 6.62. The second-order valence-corrected chi connectivity index (χ2v) is 10.00. The fourth-order valence-corrected chi connectivity index (χ4v) is 4.55. The molecule has 39 heavy (non-hydrogen) atoms. The Kier molecular flexibility index (Phi) is 9.21. The lowest BCUT2D eigenvalue weighted by atomic mass is 10.1. The van der Waals surface area contributed by atoms with Gasteiger partial charge in [0.2, 0.25) is 0 Å². The van der Waals surface area contributed by atoms with E-state index in [1.54, 1.807) is 42.5 Å². The molecule has 0 aromatic heterocycles. The molecule has 10 heteroatoms. The van der Waals surface area contributed by atoms with Crippen molar-refractivity contribution in [2.24, 2.45) is 0 Å². The number of carbonyl (C=O) groups is 3. The predicted octanol–water partition coefficient (Wildman–Crippen LogP) is 6.42. The number of anilines is 1. The van der Waals surface area contributed by atoms with Gasteiger partial charge in [0, 0.05) is 4.47 Å². The first kappa shape index (κ1) is 28.1. The summed E-state index contributed by atoms with van der Waals surface area (Å²) in [5.74, 6) is -0.0935. The van der Waals surface area contributed by atoms with Crippen LogP contribution in [0, 0.1) is 0 Å². The number of halogens is 2. The zero-order valence-electron chi connectivity index (χ0n) is 20.9. The summed E-state index contributed by atoms with van der Waals surface area (Å²) in [6.07, 6.45) is 3.01. The Balaban J connectivity index is 1.56. The molecule has 1 N–H and O–H groups in total. The average Bonchev–Trinajstić information content (AvgIpc) is 2.91. The summed E-state index contributed by atoms with van der Waals surface area (Å²) >= 11 is 6.86. The third kappa shape index (κ3) is 6.76. The lowest BCUT2D eigenvalue weighted by Crippen LogP contribution is -2.54. The molecule has 4 rings (SSSR count). The first-order chi connectivity index (χ1) is 18.8. The molecule has 0 saturated carbocycles. The van der Waals surface area contributed by atoms with Crippen LogP contribution in [-0.4, -0.2) is 31.1 Å². The van der Waals surface area contributed by atoms with Crippen LogP contribution in [0.1, 0.15) is 18.1 Å². The number of amides is 4. The van der Waals surface area contributed by atoms with Gasteiger partial charge in [-0.25, -0.2) is 9.69 Å². The minimum Gasteiger partial charge on any atom is -0.490 e. The Morgan fingerprint density at radius 3 is 2.33 bits per heavy atom. The fourth-order valence-electron chi connectivity index (χ4n) is 3.71. The molecule has 0 radical (unpaired) electrons. The Hall–Kier alpha value is -3.89. The van der Waals surface area contributed by atoms with Crippen molar-refractivity contribution in [2.75, 3.05) is 18.1 Å². The first-order valence-corrected chi connectivity index (χ1v) is 13.5. The molecule has 8 nitrogen and oxygen atoms in total. The summed E-state index contributed by atoms with van der Waals surface area (Å²) < 4.78 is 18.7. The minimum absolute atomic E-state index is 0.209. The second-order valence-electron chi connectivity index (χ2n) is 8.23. The summed E-state index contributed by atoms with van der Waals surface area (Å²) in [6, 6.07) is 16.7. The van der Waals surface area contributed by atoms with E-state index < -0.39 is 17.8 Å². The quantitative estimate of drug-likeness (QED) is 0.154. The maximum Gasteiger partial charge on any atom is 0.335 e. The highest BCUT2D eigenvalue weighted by molar-refractivity contribution is 9.10. The van der Waals surface area contributed by atoms with Crippen LogP contribution in [0.4, 0.5) is 10.5 Å². The second kappa shape index (κ2) is 12.8. The largest absolute Gasteiger partial charge is 0.490 e. The van der Waals surface area contributed by atoms with Crippen LogP contribution in [-0.2, 0) is 16.2 Å². The van der Waals surface area contributed by atoms with Gasteiger partial charge in [0.05, 0.1) is 16.8 Å². The smallest absolute Gasteiger partial charge is 0.335 e. The number of carbonyl (C=O) groups excluding carboxylic acids is 3. The summed E-state index contributed by atoms with van der Waals surface area (Å²) in [6.45, 7) is 6.48. The molecule has 1 aliphatic heterocycles. The standard InChI is InChI=1S/C29H24Br2N2O6/c1-3-13-38-26-24(31)15-19(16-25(26)37-4-2)14-23-27(34)32-29(36)33(28(23)35)21-9-11-22(12-10-21)39-17-18-5-7-20(30)8-6-18/h3,5-12,14-16H,1,4,13,17H2,2H3,(H,32,34,36)/b23-14+. The van der Waals surface area contributed by atoms with Gasteiger partial charge in [-0.1, -0.05) is 40.7 Å². The fraction of sp³-hybridized carbons (Fsp3) is 0.138. The number of hydrogen-bond acceptors (Lipinski definition) is 6. The van der Waals surface area contributed by atoms with E-state index in [9.17, 15) is 14.4 Å². The van der Waals surface area contributed by atoms with Crippen LogP contribution in [0.5, 0.6) is 17.2 Å². The summed E-state index contributed by atoms with van der Waals surface area (Å²) in [5, 5.41) is 2.23. The van der Waals surface area contributed by atoms with Crippen molar-refractivity contribution in [1.29, 1.82) is 0 Å². The van der Waals surface area contributed by atoms with Crippen molar-refractivity contribution in [3.63, 3.8) is 0 Å². The van der Waals surface area contributed by atoms with Gasteiger partial charge < -0.3 is 14.2 Å². The molecular formula is C29H24Br2N2O6. The van der Waals surface area contributed by atoms with Gasteiger partial charge in [0.1, 0.15) is 24.5 Å². The molecule has 0 unspecified atom stereocenters. The molecule has 1 aliphatic rings. The van der Waals surface area contributed by atoms with Crippen LogP contribution in [0.15, 0.2) is 87.8 Å². The molecule has 0 bridgehead atoms. The molecule has 1 saturated heterocycles. The molecule has 1 fully saturated rings. The van der Waals surface area contributed by atoms with E-state index in [2.05, 4.69) is 43.8 Å². The summed E-state index contributed by atoms with van der Waals surface area (Å²) in [4.78, 5) is 39.5.